The van der Waals surface area contributed by atoms with E-state index in [1.165, 1.54) is 4.90 Å². The fourth-order valence-electron chi connectivity index (χ4n) is 3.71. The van der Waals surface area contributed by atoms with E-state index in [2.05, 4.69) is 15.6 Å². The first-order valence-corrected chi connectivity index (χ1v) is 10.7. The summed E-state index contributed by atoms with van der Waals surface area (Å²) >= 11 is 12.1. The molecule has 32 heavy (non-hydrogen) atoms. The fraction of sp³-hybridized carbons (Fsp3) is 0.174. The number of urea groups is 1. The normalized spacial score (nSPS) is 13.6. The summed E-state index contributed by atoms with van der Waals surface area (Å²) in [4.78, 5) is 29.2. The van der Waals surface area contributed by atoms with Crippen LogP contribution in [-0.4, -0.2) is 40.2 Å². The smallest absolute Gasteiger partial charge is 0.407 e. The summed E-state index contributed by atoms with van der Waals surface area (Å²) in [7, 11) is 0. The number of nitrogens with one attached hydrogen (secondary N) is 2. The van der Waals surface area contributed by atoms with Gasteiger partial charge in [-0.15, -0.1) is 0 Å². The number of benzene rings is 2. The van der Waals surface area contributed by atoms with E-state index in [0.717, 1.165) is 27.5 Å². The standard InChI is InChI=1S/C23H20Cl2N4O3/c24-19-2-1-3-20(21(19)25)28-22(30)27-12-15-4-5-16(17-6-9-26-13-18(15)17)14-7-10-29(11-8-14)23(31)32/h1-7,9,13H,8,10-12H2,(H,31,32)(H2,27,28,30). The van der Waals surface area contributed by atoms with Gasteiger partial charge in [0, 0.05) is 37.4 Å². The largest absolute Gasteiger partial charge is 0.465 e. The van der Waals surface area contributed by atoms with Crippen molar-refractivity contribution in [1.82, 2.24) is 15.2 Å². The highest BCUT2D eigenvalue weighted by atomic mass is 35.5. The number of fused-ring (bicyclic) bond motifs is 1. The van der Waals surface area contributed by atoms with Gasteiger partial charge in [0.05, 0.1) is 15.7 Å². The maximum Gasteiger partial charge on any atom is 0.407 e. The molecule has 3 amide bonds. The number of rotatable bonds is 4. The zero-order valence-electron chi connectivity index (χ0n) is 16.9. The van der Waals surface area contributed by atoms with Crippen molar-refractivity contribution in [2.45, 2.75) is 13.0 Å². The minimum absolute atomic E-state index is 0.283. The molecule has 2 heterocycles. The molecule has 0 fully saturated rings. The van der Waals surface area contributed by atoms with Crippen molar-refractivity contribution < 1.29 is 14.7 Å². The van der Waals surface area contributed by atoms with Crippen molar-refractivity contribution in [2.75, 3.05) is 18.4 Å². The Morgan fingerprint density at radius 2 is 1.97 bits per heavy atom. The van der Waals surface area contributed by atoms with Crippen molar-refractivity contribution in [3.05, 3.63) is 76.0 Å². The van der Waals surface area contributed by atoms with Gasteiger partial charge in [-0.3, -0.25) is 4.98 Å². The highest BCUT2D eigenvalue weighted by molar-refractivity contribution is 6.43. The van der Waals surface area contributed by atoms with Crippen LogP contribution in [0.25, 0.3) is 16.3 Å². The van der Waals surface area contributed by atoms with E-state index in [1.807, 2.05) is 24.3 Å². The van der Waals surface area contributed by atoms with E-state index in [9.17, 15) is 9.59 Å². The Bertz CT molecular complexity index is 1230. The van der Waals surface area contributed by atoms with Gasteiger partial charge in [0.15, 0.2) is 0 Å². The Balaban J connectivity index is 1.52. The summed E-state index contributed by atoms with van der Waals surface area (Å²) in [5.41, 5.74) is 3.49. The Hall–Kier alpha value is -3.29. The van der Waals surface area contributed by atoms with E-state index < -0.39 is 12.1 Å². The SMILES string of the molecule is O=C(NCc1ccc(C2=CCN(C(=O)O)CC2)c2ccncc12)Nc1cccc(Cl)c1Cl. The van der Waals surface area contributed by atoms with Gasteiger partial charge in [0.1, 0.15) is 0 Å². The zero-order valence-corrected chi connectivity index (χ0v) is 18.5. The number of hydrogen-bond acceptors (Lipinski definition) is 3. The topological polar surface area (TPSA) is 94.6 Å². The molecular formula is C23H20Cl2N4O3. The van der Waals surface area contributed by atoms with Gasteiger partial charge in [-0.1, -0.05) is 47.5 Å². The van der Waals surface area contributed by atoms with Crippen molar-refractivity contribution in [3.63, 3.8) is 0 Å². The molecule has 3 aromatic rings. The van der Waals surface area contributed by atoms with Gasteiger partial charge in [-0.2, -0.15) is 0 Å². The van der Waals surface area contributed by atoms with Gasteiger partial charge in [-0.25, -0.2) is 9.59 Å². The lowest BCUT2D eigenvalue weighted by Gasteiger charge is -2.24. The molecule has 7 nitrogen and oxygen atoms in total. The van der Waals surface area contributed by atoms with Crippen molar-refractivity contribution in [2.24, 2.45) is 0 Å². The average molecular weight is 471 g/mol. The summed E-state index contributed by atoms with van der Waals surface area (Å²) < 4.78 is 0. The first-order chi connectivity index (χ1) is 15.4. The van der Waals surface area contributed by atoms with E-state index >= 15 is 0 Å². The summed E-state index contributed by atoms with van der Waals surface area (Å²) in [5, 5.41) is 17.3. The molecule has 0 saturated carbocycles. The molecule has 0 spiro atoms. The second kappa shape index (κ2) is 9.46. The highest BCUT2D eigenvalue weighted by Crippen LogP contribution is 2.31. The Kier molecular flexibility index (Phi) is 6.48. The van der Waals surface area contributed by atoms with E-state index in [-0.39, 0.29) is 5.02 Å². The molecule has 3 N–H and O–H groups in total. The molecule has 164 valence electrons. The van der Waals surface area contributed by atoms with Crippen LogP contribution in [0.1, 0.15) is 17.5 Å². The van der Waals surface area contributed by atoms with Gasteiger partial charge >= 0.3 is 12.1 Å². The third kappa shape index (κ3) is 4.64. The lowest BCUT2D eigenvalue weighted by Crippen LogP contribution is -2.33. The van der Waals surface area contributed by atoms with Crippen LogP contribution in [0.3, 0.4) is 0 Å². The third-order valence-electron chi connectivity index (χ3n) is 5.37. The van der Waals surface area contributed by atoms with Crippen LogP contribution in [0, 0.1) is 0 Å². The molecule has 0 unspecified atom stereocenters. The number of nitrogens with zero attached hydrogens (tertiary/aromatic N) is 2. The molecule has 1 aliphatic heterocycles. The fourth-order valence-corrected chi connectivity index (χ4v) is 4.06. The lowest BCUT2D eigenvalue weighted by atomic mass is 9.93. The molecule has 0 aliphatic carbocycles. The number of aromatic nitrogens is 1. The molecule has 4 rings (SSSR count). The zero-order chi connectivity index (χ0) is 22.7. The molecule has 0 bridgehead atoms. The van der Waals surface area contributed by atoms with Crippen LogP contribution in [0.4, 0.5) is 15.3 Å². The number of hydrogen-bond donors (Lipinski definition) is 3. The number of amides is 3. The minimum atomic E-state index is -0.909. The minimum Gasteiger partial charge on any atom is -0.465 e. The molecule has 9 heteroatoms. The van der Waals surface area contributed by atoms with Crippen molar-refractivity contribution >= 4 is 57.4 Å². The van der Waals surface area contributed by atoms with Crippen molar-refractivity contribution in [1.29, 1.82) is 0 Å². The maximum atomic E-state index is 12.4. The van der Waals surface area contributed by atoms with Crippen LogP contribution in [0.2, 0.25) is 10.0 Å². The third-order valence-corrected chi connectivity index (χ3v) is 6.19. The summed E-state index contributed by atoms with van der Waals surface area (Å²) in [5.74, 6) is 0. The number of halogens is 2. The lowest BCUT2D eigenvalue weighted by molar-refractivity contribution is 0.150. The van der Waals surface area contributed by atoms with Gasteiger partial charge in [0.25, 0.3) is 0 Å². The van der Waals surface area contributed by atoms with Crippen LogP contribution in [0.5, 0.6) is 0 Å². The van der Waals surface area contributed by atoms with Gasteiger partial charge in [0.2, 0.25) is 0 Å². The first kappa shape index (κ1) is 21.9. The van der Waals surface area contributed by atoms with Gasteiger partial charge < -0.3 is 20.6 Å². The van der Waals surface area contributed by atoms with Crippen LogP contribution >= 0.6 is 23.2 Å². The monoisotopic (exact) mass is 470 g/mol. The first-order valence-electron chi connectivity index (χ1n) is 9.96. The van der Waals surface area contributed by atoms with Crippen LogP contribution < -0.4 is 10.6 Å². The predicted octanol–water partition coefficient (Wildman–Crippen LogP) is 5.63. The van der Waals surface area contributed by atoms with Crippen LogP contribution in [0.15, 0.2) is 54.9 Å². The number of anilines is 1. The average Bonchev–Trinajstić information content (AvgIpc) is 2.80. The Morgan fingerprint density at radius 3 is 2.72 bits per heavy atom. The Morgan fingerprint density at radius 1 is 1.12 bits per heavy atom. The van der Waals surface area contributed by atoms with Crippen LogP contribution in [-0.2, 0) is 6.54 Å². The maximum absolute atomic E-state index is 12.4. The predicted molar refractivity (Wildman–Crippen MR) is 126 cm³/mol. The second-order valence-electron chi connectivity index (χ2n) is 7.31. The summed E-state index contributed by atoms with van der Waals surface area (Å²) in [6.45, 7) is 1.12. The molecule has 1 aromatic heterocycles. The highest BCUT2D eigenvalue weighted by Gasteiger charge is 2.18. The number of carboxylic acid groups (broad SMARTS) is 1. The molecular weight excluding hydrogens is 451 g/mol. The summed E-state index contributed by atoms with van der Waals surface area (Å²) in [6.07, 6.45) is 5.18. The summed E-state index contributed by atoms with van der Waals surface area (Å²) in [6, 6.07) is 10.5. The number of carbonyl (C=O) groups excluding carboxylic acids is 1. The van der Waals surface area contributed by atoms with E-state index in [1.54, 1.807) is 30.6 Å². The molecule has 1 aliphatic rings. The molecule has 0 saturated heterocycles. The molecule has 2 aromatic carbocycles. The van der Waals surface area contributed by atoms with Crippen molar-refractivity contribution in [3.8, 4) is 0 Å². The quantitative estimate of drug-likeness (QED) is 0.460. The number of carbonyl (C=O) groups is 2. The van der Waals surface area contributed by atoms with Gasteiger partial charge in [-0.05, 0) is 46.7 Å². The van der Waals surface area contributed by atoms with E-state index in [4.69, 9.17) is 28.3 Å². The van der Waals surface area contributed by atoms with E-state index in [0.29, 0.717) is 36.8 Å². The molecule has 0 radical (unpaired) electrons. The molecule has 0 atom stereocenters. The number of pyridine rings is 1. The Labute approximate surface area is 194 Å². The second-order valence-corrected chi connectivity index (χ2v) is 8.10.